The number of rotatable bonds is 4. The van der Waals surface area contributed by atoms with Gasteiger partial charge in [-0.25, -0.2) is 8.78 Å². The number of fused-ring (bicyclic) bond motifs is 1. The highest BCUT2D eigenvalue weighted by atomic mass is 79.9. The predicted octanol–water partition coefficient (Wildman–Crippen LogP) is 3.23. The Hall–Kier alpha value is -1.83. The molecule has 0 spiro atoms. The molecule has 2 aliphatic rings. The van der Waals surface area contributed by atoms with Gasteiger partial charge in [-0.1, -0.05) is 12.8 Å². The average Bonchev–Trinajstić information content (AvgIpc) is 2.81. The summed E-state index contributed by atoms with van der Waals surface area (Å²) < 4.78 is 26.9. The van der Waals surface area contributed by atoms with Crippen LogP contribution in [0, 0.1) is 23.5 Å². The van der Waals surface area contributed by atoms with Crippen molar-refractivity contribution in [3.63, 3.8) is 0 Å². The Labute approximate surface area is 151 Å². The van der Waals surface area contributed by atoms with Gasteiger partial charge in [0.2, 0.25) is 17.7 Å². The van der Waals surface area contributed by atoms with Gasteiger partial charge in [-0.3, -0.25) is 19.3 Å². The molecule has 8 heteroatoms. The van der Waals surface area contributed by atoms with Crippen LogP contribution in [0.15, 0.2) is 16.6 Å². The van der Waals surface area contributed by atoms with Gasteiger partial charge in [0.25, 0.3) is 0 Å². The summed E-state index contributed by atoms with van der Waals surface area (Å²) in [6, 6.07) is 1.70. The SMILES string of the molecule is O=C(CCN1C(=O)[C@H]2CCCC[C@@H]2C1=O)Nc1c(F)cc(F)cc1Br. The number of nitrogens with one attached hydrogen (secondary N) is 1. The highest BCUT2D eigenvalue weighted by Gasteiger charge is 2.47. The van der Waals surface area contributed by atoms with Crippen LogP contribution in [-0.4, -0.2) is 29.2 Å². The van der Waals surface area contributed by atoms with Crippen molar-refractivity contribution in [3.05, 3.63) is 28.2 Å². The standard InChI is InChI=1S/C17H17BrF2N2O3/c18-12-7-9(19)8-13(20)15(12)21-14(23)5-6-22-16(24)10-3-1-2-4-11(10)17(22)25/h7-8,10-11H,1-6H2,(H,21,23)/t10-,11-/m0/s1. The van der Waals surface area contributed by atoms with E-state index in [0.29, 0.717) is 18.9 Å². The first-order valence-corrected chi connectivity index (χ1v) is 8.97. The normalized spacial score (nSPS) is 22.9. The summed E-state index contributed by atoms with van der Waals surface area (Å²) in [5, 5.41) is 2.35. The van der Waals surface area contributed by atoms with E-state index in [9.17, 15) is 23.2 Å². The Morgan fingerprint density at radius 3 is 2.32 bits per heavy atom. The van der Waals surface area contributed by atoms with Crippen molar-refractivity contribution in [2.45, 2.75) is 32.1 Å². The van der Waals surface area contributed by atoms with E-state index in [0.717, 1.165) is 23.8 Å². The highest BCUT2D eigenvalue weighted by molar-refractivity contribution is 9.10. The first-order chi connectivity index (χ1) is 11.9. The Kier molecular flexibility index (Phi) is 5.17. The lowest BCUT2D eigenvalue weighted by atomic mass is 9.81. The molecule has 0 unspecified atom stereocenters. The fourth-order valence-corrected chi connectivity index (χ4v) is 4.04. The molecule has 1 aliphatic carbocycles. The van der Waals surface area contributed by atoms with E-state index in [1.165, 1.54) is 0 Å². The largest absolute Gasteiger partial charge is 0.323 e. The third kappa shape index (κ3) is 3.58. The molecule has 3 amide bonds. The third-order valence-electron chi connectivity index (χ3n) is 4.77. The van der Waals surface area contributed by atoms with Crippen molar-refractivity contribution in [3.8, 4) is 0 Å². The molecule has 1 N–H and O–H groups in total. The number of amides is 3. The molecular weight excluding hydrogens is 398 g/mol. The van der Waals surface area contributed by atoms with E-state index >= 15 is 0 Å². The molecule has 0 bridgehead atoms. The lowest BCUT2D eigenvalue weighted by molar-refractivity contribution is -0.140. The van der Waals surface area contributed by atoms with Gasteiger partial charge in [-0.2, -0.15) is 0 Å². The molecule has 5 nitrogen and oxygen atoms in total. The van der Waals surface area contributed by atoms with Gasteiger partial charge >= 0.3 is 0 Å². The Morgan fingerprint density at radius 2 is 1.76 bits per heavy atom. The van der Waals surface area contributed by atoms with Crippen LogP contribution < -0.4 is 5.32 Å². The predicted molar refractivity (Wildman–Crippen MR) is 89.5 cm³/mol. The second kappa shape index (κ2) is 7.19. The molecule has 1 saturated carbocycles. The molecule has 1 aromatic rings. The fourth-order valence-electron chi connectivity index (χ4n) is 3.53. The zero-order valence-electron chi connectivity index (χ0n) is 13.4. The second-order valence-electron chi connectivity index (χ2n) is 6.37. The van der Waals surface area contributed by atoms with Crippen molar-refractivity contribution in [2.75, 3.05) is 11.9 Å². The number of hydrogen-bond donors (Lipinski definition) is 1. The molecule has 1 heterocycles. The van der Waals surface area contributed by atoms with Crippen molar-refractivity contribution in [1.29, 1.82) is 0 Å². The number of carbonyl (C=O) groups excluding carboxylic acids is 3. The van der Waals surface area contributed by atoms with E-state index in [1.54, 1.807) is 0 Å². The monoisotopic (exact) mass is 414 g/mol. The number of anilines is 1. The summed E-state index contributed by atoms with van der Waals surface area (Å²) in [7, 11) is 0. The highest BCUT2D eigenvalue weighted by Crippen LogP contribution is 2.38. The number of likely N-dealkylation sites (tertiary alicyclic amines) is 1. The van der Waals surface area contributed by atoms with E-state index in [-0.39, 0.29) is 46.8 Å². The maximum absolute atomic E-state index is 13.7. The van der Waals surface area contributed by atoms with Gasteiger partial charge in [0.1, 0.15) is 5.82 Å². The summed E-state index contributed by atoms with van der Waals surface area (Å²) in [4.78, 5) is 37.9. The van der Waals surface area contributed by atoms with Gasteiger partial charge < -0.3 is 5.32 Å². The molecule has 2 atom stereocenters. The molecule has 1 aliphatic heterocycles. The Bertz CT molecular complexity index is 694. The molecule has 3 rings (SSSR count). The van der Waals surface area contributed by atoms with Crippen LogP contribution in [0.2, 0.25) is 0 Å². The number of halogens is 3. The van der Waals surface area contributed by atoms with Crippen molar-refractivity contribution >= 4 is 39.3 Å². The minimum atomic E-state index is -0.903. The van der Waals surface area contributed by atoms with Crippen LogP contribution >= 0.6 is 15.9 Å². The number of hydrogen-bond acceptors (Lipinski definition) is 3. The molecule has 2 fully saturated rings. The molecule has 0 aromatic heterocycles. The lowest BCUT2D eigenvalue weighted by Crippen LogP contribution is -2.34. The van der Waals surface area contributed by atoms with Gasteiger partial charge in [-0.15, -0.1) is 0 Å². The van der Waals surface area contributed by atoms with Crippen LogP contribution in [0.4, 0.5) is 14.5 Å². The minimum Gasteiger partial charge on any atom is -0.323 e. The molecule has 25 heavy (non-hydrogen) atoms. The molecule has 1 saturated heterocycles. The van der Waals surface area contributed by atoms with E-state index < -0.39 is 17.5 Å². The van der Waals surface area contributed by atoms with Gasteiger partial charge in [-0.05, 0) is 34.8 Å². The molecule has 134 valence electrons. The van der Waals surface area contributed by atoms with Gasteiger partial charge in [0, 0.05) is 23.5 Å². The Morgan fingerprint density at radius 1 is 1.16 bits per heavy atom. The smallest absolute Gasteiger partial charge is 0.233 e. The number of imide groups is 1. The van der Waals surface area contributed by atoms with Crippen LogP contribution in [0.25, 0.3) is 0 Å². The maximum Gasteiger partial charge on any atom is 0.233 e. The van der Waals surface area contributed by atoms with E-state index in [4.69, 9.17) is 0 Å². The summed E-state index contributed by atoms with van der Waals surface area (Å²) in [6.07, 6.45) is 3.16. The van der Waals surface area contributed by atoms with Crippen LogP contribution in [0.1, 0.15) is 32.1 Å². The van der Waals surface area contributed by atoms with Crippen LogP contribution in [0.5, 0.6) is 0 Å². The maximum atomic E-state index is 13.7. The van der Waals surface area contributed by atoms with Crippen LogP contribution in [0.3, 0.4) is 0 Å². The number of benzene rings is 1. The molecule has 0 radical (unpaired) electrons. The van der Waals surface area contributed by atoms with Crippen molar-refractivity contribution < 1.29 is 23.2 Å². The zero-order valence-corrected chi connectivity index (χ0v) is 14.9. The average molecular weight is 415 g/mol. The number of carbonyl (C=O) groups is 3. The first kappa shape index (κ1) is 18.0. The summed E-state index contributed by atoms with van der Waals surface area (Å²) in [5.41, 5.74) is -0.167. The van der Waals surface area contributed by atoms with Gasteiger partial charge in [0.05, 0.1) is 17.5 Å². The lowest BCUT2D eigenvalue weighted by Gasteiger charge is -2.19. The molecular formula is C17H17BrF2N2O3. The van der Waals surface area contributed by atoms with E-state index in [1.807, 2.05) is 0 Å². The van der Waals surface area contributed by atoms with Gasteiger partial charge in [0.15, 0.2) is 5.82 Å². The number of nitrogens with zero attached hydrogens (tertiary/aromatic N) is 1. The fraction of sp³-hybridized carbons (Fsp3) is 0.471. The van der Waals surface area contributed by atoms with Crippen molar-refractivity contribution in [1.82, 2.24) is 4.90 Å². The van der Waals surface area contributed by atoms with E-state index in [2.05, 4.69) is 21.2 Å². The third-order valence-corrected chi connectivity index (χ3v) is 5.39. The van der Waals surface area contributed by atoms with Crippen molar-refractivity contribution in [2.24, 2.45) is 11.8 Å². The van der Waals surface area contributed by atoms with Crippen LogP contribution in [-0.2, 0) is 14.4 Å². The second-order valence-corrected chi connectivity index (χ2v) is 7.22. The first-order valence-electron chi connectivity index (χ1n) is 8.18. The molecule has 1 aromatic carbocycles. The summed E-state index contributed by atoms with van der Waals surface area (Å²) in [5.74, 6) is -3.16. The zero-order chi connectivity index (χ0) is 18.1. The topological polar surface area (TPSA) is 66.5 Å². The quantitative estimate of drug-likeness (QED) is 0.769. The minimum absolute atomic E-state index is 0.0308. The summed E-state index contributed by atoms with van der Waals surface area (Å²) in [6.45, 7) is -0.0308. The Balaban J connectivity index is 1.61. The summed E-state index contributed by atoms with van der Waals surface area (Å²) >= 11 is 2.99.